The molecule has 0 heterocycles. The molecule has 0 aliphatic heterocycles. The second kappa shape index (κ2) is 6.68. The van der Waals surface area contributed by atoms with Gasteiger partial charge < -0.3 is 9.84 Å². The standard InChI is InChI=1S/C13H17NO6S/c1-9-8-10(4-5-11(9)13(17)20-3)21(18,19)14(2)7-6-12(15)16/h4-5,8H,6-7H2,1-3H3,(H,15,16). The molecule has 0 aliphatic carbocycles. The molecule has 0 amide bonds. The van der Waals surface area contributed by atoms with E-state index >= 15 is 0 Å². The fourth-order valence-electron chi connectivity index (χ4n) is 1.69. The van der Waals surface area contributed by atoms with Crippen LogP contribution in [0.4, 0.5) is 0 Å². The number of hydrogen-bond donors (Lipinski definition) is 1. The minimum Gasteiger partial charge on any atom is -0.481 e. The van der Waals surface area contributed by atoms with Crippen molar-refractivity contribution in [3.05, 3.63) is 29.3 Å². The van der Waals surface area contributed by atoms with Crippen molar-refractivity contribution in [1.29, 1.82) is 0 Å². The lowest BCUT2D eigenvalue weighted by atomic mass is 10.1. The highest BCUT2D eigenvalue weighted by Crippen LogP contribution is 2.19. The van der Waals surface area contributed by atoms with Crippen LogP contribution in [-0.4, -0.2) is 50.5 Å². The lowest BCUT2D eigenvalue weighted by Gasteiger charge is -2.17. The quantitative estimate of drug-likeness (QED) is 0.782. The van der Waals surface area contributed by atoms with Crippen LogP contribution in [0.15, 0.2) is 23.1 Å². The summed E-state index contributed by atoms with van der Waals surface area (Å²) in [5.41, 5.74) is 0.749. The molecule has 1 aromatic carbocycles. The summed E-state index contributed by atoms with van der Waals surface area (Å²) in [5, 5.41) is 8.59. The van der Waals surface area contributed by atoms with E-state index < -0.39 is 22.0 Å². The van der Waals surface area contributed by atoms with Crippen molar-refractivity contribution in [3.63, 3.8) is 0 Å². The normalized spacial score (nSPS) is 11.4. The number of carbonyl (C=O) groups excluding carboxylic acids is 1. The van der Waals surface area contributed by atoms with Crippen molar-refractivity contribution in [3.8, 4) is 0 Å². The van der Waals surface area contributed by atoms with Gasteiger partial charge in [-0.15, -0.1) is 0 Å². The lowest BCUT2D eigenvalue weighted by Crippen LogP contribution is -2.29. The lowest BCUT2D eigenvalue weighted by molar-refractivity contribution is -0.137. The van der Waals surface area contributed by atoms with E-state index in [2.05, 4.69) is 4.74 Å². The van der Waals surface area contributed by atoms with E-state index in [4.69, 9.17) is 5.11 Å². The van der Waals surface area contributed by atoms with Gasteiger partial charge in [0.25, 0.3) is 0 Å². The molecule has 21 heavy (non-hydrogen) atoms. The molecular weight excluding hydrogens is 298 g/mol. The Balaban J connectivity index is 3.07. The van der Waals surface area contributed by atoms with Crippen LogP contribution < -0.4 is 0 Å². The van der Waals surface area contributed by atoms with Crippen LogP contribution in [0, 0.1) is 6.92 Å². The van der Waals surface area contributed by atoms with Gasteiger partial charge in [0.1, 0.15) is 0 Å². The first-order valence-electron chi connectivity index (χ1n) is 6.07. The first-order chi connectivity index (χ1) is 9.70. The highest BCUT2D eigenvalue weighted by atomic mass is 32.2. The minimum atomic E-state index is -3.79. The van der Waals surface area contributed by atoms with Crippen LogP contribution in [0.5, 0.6) is 0 Å². The number of methoxy groups -OCH3 is 1. The smallest absolute Gasteiger partial charge is 0.338 e. The fraction of sp³-hybridized carbons (Fsp3) is 0.385. The number of carboxylic acids is 1. The maximum atomic E-state index is 12.3. The summed E-state index contributed by atoms with van der Waals surface area (Å²) in [6.45, 7) is 1.47. The number of nitrogens with zero attached hydrogens (tertiary/aromatic N) is 1. The number of aliphatic carboxylic acids is 1. The number of carbonyl (C=O) groups is 2. The third-order valence-corrected chi connectivity index (χ3v) is 4.80. The summed E-state index contributed by atoms with van der Waals surface area (Å²) in [4.78, 5) is 22.0. The number of ether oxygens (including phenoxy) is 1. The van der Waals surface area contributed by atoms with Crippen LogP contribution in [0.3, 0.4) is 0 Å². The Hall–Kier alpha value is -1.93. The first-order valence-corrected chi connectivity index (χ1v) is 7.51. The summed E-state index contributed by atoms with van der Waals surface area (Å²) in [7, 11) is -1.24. The largest absolute Gasteiger partial charge is 0.481 e. The van der Waals surface area contributed by atoms with E-state index in [0.717, 1.165) is 4.31 Å². The summed E-state index contributed by atoms with van der Waals surface area (Å²) >= 11 is 0. The Labute approximate surface area is 123 Å². The van der Waals surface area contributed by atoms with Gasteiger partial charge in [0.15, 0.2) is 0 Å². The maximum Gasteiger partial charge on any atom is 0.338 e. The number of sulfonamides is 1. The zero-order valence-electron chi connectivity index (χ0n) is 12.0. The Kier molecular flexibility index (Phi) is 5.45. The summed E-state index contributed by atoms with van der Waals surface area (Å²) in [6, 6.07) is 4.03. The average Bonchev–Trinajstić information content (AvgIpc) is 2.43. The van der Waals surface area contributed by atoms with Gasteiger partial charge in [0.2, 0.25) is 10.0 Å². The van der Waals surface area contributed by atoms with Crippen LogP contribution in [0.25, 0.3) is 0 Å². The van der Waals surface area contributed by atoms with Gasteiger partial charge in [-0.2, -0.15) is 0 Å². The first kappa shape index (κ1) is 17.1. The second-order valence-electron chi connectivity index (χ2n) is 4.44. The van der Waals surface area contributed by atoms with Gasteiger partial charge in [-0.05, 0) is 30.7 Å². The van der Waals surface area contributed by atoms with Crippen molar-refractivity contribution >= 4 is 22.0 Å². The van der Waals surface area contributed by atoms with Gasteiger partial charge in [0.05, 0.1) is 24.0 Å². The van der Waals surface area contributed by atoms with E-state index in [1.54, 1.807) is 6.92 Å². The highest BCUT2D eigenvalue weighted by Gasteiger charge is 2.22. The molecule has 1 N–H and O–H groups in total. The van der Waals surface area contributed by atoms with Gasteiger partial charge in [0, 0.05) is 13.6 Å². The Morgan fingerprint density at radius 1 is 1.33 bits per heavy atom. The summed E-state index contributed by atoms with van der Waals surface area (Å²) in [6.07, 6.45) is -0.283. The van der Waals surface area contributed by atoms with Gasteiger partial charge in [-0.3, -0.25) is 4.79 Å². The van der Waals surface area contributed by atoms with Crippen molar-refractivity contribution in [1.82, 2.24) is 4.31 Å². The predicted octanol–water partition coefficient (Wildman–Crippen LogP) is 0.877. The summed E-state index contributed by atoms with van der Waals surface area (Å²) < 4.78 is 30.1. The molecule has 0 saturated carbocycles. The third-order valence-electron chi connectivity index (χ3n) is 2.95. The molecule has 7 nitrogen and oxygen atoms in total. The SMILES string of the molecule is COC(=O)c1ccc(S(=O)(=O)N(C)CCC(=O)O)cc1C. The van der Waals surface area contributed by atoms with Gasteiger partial charge in [-0.25, -0.2) is 17.5 Å². The molecule has 0 fully saturated rings. The van der Waals surface area contributed by atoms with Crippen molar-refractivity contribution in [2.45, 2.75) is 18.2 Å². The van der Waals surface area contributed by atoms with Crippen molar-refractivity contribution < 1.29 is 27.9 Å². The molecule has 0 aliphatic rings. The van der Waals surface area contributed by atoms with E-state index in [1.165, 1.54) is 32.4 Å². The average molecular weight is 315 g/mol. The molecule has 1 aromatic rings. The number of aryl methyl sites for hydroxylation is 1. The number of rotatable bonds is 6. The fourth-order valence-corrected chi connectivity index (χ4v) is 2.95. The van der Waals surface area contributed by atoms with Crippen LogP contribution in [0.2, 0.25) is 0 Å². The third kappa shape index (κ3) is 4.02. The number of hydrogen-bond acceptors (Lipinski definition) is 5. The molecule has 0 radical (unpaired) electrons. The molecular formula is C13H17NO6S. The maximum absolute atomic E-state index is 12.3. The number of carboxylic acid groups (broad SMARTS) is 1. The molecule has 0 aromatic heterocycles. The highest BCUT2D eigenvalue weighted by molar-refractivity contribution is 7.89. The molecule has 1 rings (SSSR count). The van der Waals surface area contributed by atoms with E-state index in [-0.39, 0.29) is 23.4 Å². The number of esters is 1. The molecule has 8 heteroatoms. The van der Waals surface area contributed by atoms with Crippen molar-refractivity contribution in [2.75, 3.05) is 20.7 Å². The Morgan fingerprint density at radius 3 is 2.43 bits per heavy atom. The molecule has 0 saturated heterocycles. The topological polar surface area (TPSA) is 101 Å². The van der Waals surface area contributed by atoms with E-state index in [0.29, 0.717) is 5.56 Å². The molecule has 0 atom stereocenters. The van der Waals surface area contributed by atoms with Gasteiger partial charge >= 0.3 is 11.9 Å². The molecule has 0 unspecified atom stereocenters. The monoisotopic (exact) mass is 315 g/mol. The van der Waals surface area contributed by atoms with Gasteiger partial charge in [-0.1, -0.05) is 0 Å². The van der Waals surface area contributed by atoms with E-state index in [1.807, 2.05) is 0 Å². The minimum absolute atomic E-state index is 0.000502. The molecule has 116 valence electrons. The summed E-state index contributed by atoms with van der Waals surface area (Å²) in [5.74, 6) is -1.62. The molecule has 0 spiro atoms. The number of benzene rings is 1. The van der Waals surface area contributed by atoms with Crippen LogP contribution in [0.1, 0.15) is 22.3 Å². The second-order valence-corrected chi connectivity index (χ2v) is 6.48. The predicted molar refractivity (Wildman–Crippen MR) is 74.6 cm³/mol. The van der Waals surface area contributed by atoms with Crippen molar-refractivity contribution in [2.24, 2.45) is 0 Å². The molecule has 0 bridgehead atoms. The van der Waals surface area contributed by atoms with E-state index in [9.17, 15) is 18.0 Å². The Bertz CT molecular complexity index is 653. The zero-order valence-corrected chi connectivity index (χ0v) is 12.8. The van der Waals surface area contributed by atoms with Crippen LogP contribution >= 0.6 is 0 Å². The van der Waals surface area contributed by atoms with Crippen LogP contribution in [-0.2, 0) is 19.6 Å². The zero-order chi connectivity index (χ0) is 16.2. The Morgan fingerprint density at radius 2 is 1.95 bits per heavy atom.